The molecule has 0 amide bonds. The molecule has 1 aromatic heterocycles. The smallest absolute Gasteiger partial charge is 0.0613 e. The van der Waals surface area contributed by atoms with Gasteiger partial charge >= 0.3 is 0 Å². The number of aryl methyl sites for hydroxylation is 1. The van der Waals surface area contributed by atoms with Crippen LogP contribution in [0, 0.1) is 6.92 Å². The van der Waals surface area contributed by atoms with Gasteiger partial charge in [-0.1, -0.05) is 0 Å². The zero-order chi connectivity index (χ0) is 8.27. The molecule has 3 heteroatoms. The van der Waals surface area contributed by atoms with Gasteiger partial charge in [-0.2, -0.15) is 5.48 Å². The van der Waals surface area contributed by atoms with Crippen molar-refractivity contribution in [3.63, 3.8) is 0 Å². The lowest BCUT2D eigenvalue weighted by Gasteiger charge is -2.04. The highest BCUT2D eigenvalue weighted by Gasteiger charge is 1.98. The highest BCUT2D eigenvalue weighted by atomic mass is 16.6. The molecule has 0 radical (unpaired) electrons. The van der Waals surface area contributed by atoms with Crippen molar-refractivity contribution in [1.29, 1.82) is 0 Å². The minimum absolute atomic E-state index is 0.751. The van der Waals surface area contributed by atoms with Crippen molar-refractivity contribution in [3.05, 3.63) is 23.5 Å². The summed E-state index contributed by atoms with van der Waals surface area (Å²) in [7, 11) is 3.66. The summed E-state index contributed by atoms with van der Waals surface area (Å²) in [6, 6.07) is 4.17. The summed E-state index contributed by atoms with van der Waals surface area (Å²) in [4.78, 5) is 4.75. The molecule has 1 rings (SSSR count). The van der Waals surface area contributed by atoms with Gasteiger partial charge in [-0.05, 0) is 19.1 Å². The zero-order valence-electron chi connectivity index (χ0n) is 7.22. The molecule has 11 heavy (non-hydrogen) atoms. The molecular weight excluding hydrogens is 140 g/mol. The average molecular weight is 154 g/mol. The van der Waals surface area contributed by atoms with E-state index in [0.717, 1.165) is 6.54 Å². The van der Waals surface area contributed by atoms with Crippen LogP contribution in [0.4, 0.5) is 0 Å². The summed E-state index contributed by atoms with van der Waals surface area (Å²) >= 11 is 0. The van der Waals surface area contributed by atoms with Crippen molar-refractivity contribution in [3.8, 4) is 0 Å². The third-order valence-corrected chi connectivity index (χ3v) is 1.87. The van der Waals surface area contributed by atoms with Crippen LogP contribution >= 0.6 is 0 Å². The minimum atomic E-state index is 0.751. The molecule has 0 atom stereocenters. The Bertz CT molecular complexity index is 230. The molecule has 0 aliphatic rings. The monoisotopic (exact) mass is 154 g/mol. The Labute approximate surface area is 66.9 Å². The molecule has 62 valence electrons. The lowest BCUT2D eigenvalue weighted by atomic mass is 10.4. The molecule has 1 heterocycles. The quantitative estimate of drug-likeness (QED) is 0.657. The first-order valence-electron chi connectivity index (χ1n) is 3.62. The summed E-state index contributed by atoms with van der Waals surface area (Å²) in [5, 5.41) is 0. The van der Waals surface area contributed by atoms with E-state index in [-0.39, 0.29) is 0 Å². The Balaban J connectivity index is 2.63. The molecule has 1 aromatic rings. The maximum Gasteiger partial charge on any atom is 0.0613 e. The first-order chi connectivity index (χ1) is 5.25. The standard InChI is InChI=1S/C8H14N2O/c1-7-4-5-8(10(7)2)6-9-11-3/h4-5,9H,6H2,1-3H3. The van der Waals surface area contributed by atoms with Gasteiger partial charge in [-0.15, -0.1) is 0 Å². The summed E-state index contributed by atoms with van der Waals surface area (Å²) in [6.45, 7) is 2.83. The van der Waals surface area contributed by atoms with Gasteiger partial charge in [-0.3, -0.25) is 0 Å². The van der Waals surface area contributed by atoms with E-state index in [0.29, 0.717) is 0 Å². The largest absolute Gasteiger partial charge is 0.351 e. The predicted octanol–water partition coefficient (Wildman–Crippen LogP) is 0.985. The second kappa shape index (κ2) is 3.55. The third kappa shape index (κ3) is 1.82. The second-order valence-electron chi connectivity index (χ2n) is 2.55. The Hall–Kier alpha value is -0.800. The average Bonchev–Trinajstić information content (AvgIpc) is 2.31. The normalized spacial score (nSPS) is 10.5. The van der Waals surface area contributed by atoms with Crippen LogP contribution in [-0.4, -0.2) is 11.7 Å². The number of nitrogens with zero attached hydrogens (tertiary/aromatic N) is 1. The highest BCUT2D eigenvalue weighted by molar-refractivity contribution is 5.13. The van der Waals surface area contributed by atoms with E-state index in [2.05, 4.69) is 29.1 Å². The van der Waals surface area contributed by atoms with Crippen molar-refractivity contribution in [2.24, 2.45) is 7.05 Å². The number of nitrogens with one attached hydrogen (secondary N) is 1. The van der Waals surface area contributed by atoms with Crippen LogP contribution in [0.25, 0.3) is 0 Å². The molecule has 0 bridgehead atoms. The van der Waals surface area contributed by atoms with E-state index in [9.17, 15) is 0 Å². The van der Waals surface area contributed by atoms with E-state index in [4.69, 9.17) is 4.84 Å². The molecule has 0 unspecified atom stereocenters. The molecule has 0 aromatic carbocycles. The van der Waals surface area contributed by atoms with Gasteiger partial charge in [0.05, 0.1) is 13.7 Å². The lowest BCUT2D eigenvalue weighted by Crippen LogP contribution is -2.13. The molecule has 0 saturated heterocycles. The van der Waals surface area contributed by atoms with Gasteiger partial charge in [0, 0.05) is 18.4 Å². The summed E-state index contributed by atoms with van der Waals surface area (Å²) < 4.78 is 2.13. The third-order valence-electron chi connectivity index (χ3n) is 1.87. The number of aromatic nitrogens is 1. The van der Waals surface area contributed by atoms with Gasteiger partial charge in [0.1, 0.15) is 0 Å². The first-order valence-corrected chi connectivity index (χ1v) is 3.62. The molecule has 1 N–H and O–H groups in total. The lowest BCUT2D eigenvalue weighted by molar-refractivity contribution is 0.0852. The SMILES string of the molecule is CONCc1ccc(C)n1C. The molecule has 0 spiro atoms. The molecule has 0 saturated carbocycles. The Morgan fingerprint density at radius 1 is 1.55 bits per heavy atom. The Kier molecular flexibility index (Phi) is 2.68. The topological polar surface area (TPSA) is 26.2 Å². The first kappa shape index (κ1) is 8.30. The van der Waals surface area contributed by atoms with E-state index < -0.39 is 0 Å². The predicted molar refractivity (Wildman–Crippen MR) is 44.0 cm³/mol. The second-order valence-corrected chi connectivity index (χ2v) is 2.55. The van der Waals surface area contributed by atoms with E-state index >= 15 is 0 Å². The van der Waals surface area contributed by atoms with Crippen LogP contribution in [0.15, 0.2) is 12.1 Å². The number of hydrogen-bond donors (Lipinski definition) is 1. The van der Waals surface area contributed by atoms with Crippen molar-refractivity contribution in [2.75, 3.05) is 7.11 Å². The van der Waals surface area contributed by atoms with Crippen LogP contribution in [0.2, 0.25) is 0 Å². The van der Waals surface area contributed by atoms with E-state index in [1.165, 1.54) is 11.4 Å². The summed E-state index contributed by atoms with van der Waals surface area (Å²) in [5.74, 6) is 0. The molecule has 0 aliphatic heterocycles. The van der Waals surface area contributed by atoms with Gasteiger partial charge in [0.25, 0.3) is 0 Å². The van der Waals surface area contributed by atoms with Gasteiger partial charge < -0.3 is 9.40 Å². The van der Waals surface area contributed by atoms with Gasteiger partial charge in [0.15, 0.2) is 0 Å². The summed E-state index contributed by atoms with van der Waals surface area (Å²) in [6.07, 6.45) is 0. The molecule has 0 fully saturated rings. The highest BCUT2D eigenvalue weighted by Crippen LogP contribution is 2.04. The molecule has 0 aliphatic carbocycles. The summed E-state index contributed by atoms with van der Waals surface area (Å²) in [5.41, 5.74) is 5.29. The van der Waals surface area contributed by atoms with Crippen molar-refractivity contribution in [2.45, 2.75) is 13.5 Å². The van der Waals surface area contributed by atoms with Crippen molar-refractivity contribution in [1.82, 2.24) is 10.0 Å². The van der Waals surface area contributed by atoms with E-state index in [1.54, 1.807) is 7.11 Å². The molecular formula is C8H14N2O. The number of rotatable bonds is 3. The van der Waals surface area contributed by atoms with E-state index in [1.807, 2.05) is 7.05 Å². The van der Waals surface area contributed by atoms with Crippen molar-refractivity contribution >= 4 is 0 Å². The van der Waals surface area contributed by atoms with Crippen LogP contribution in [0.5, 0.6) is 0 Å². The number of hydroxylamine groups is 1. The van der Waals surface area contributed by atoms with Gasteiger partial charge in [-0.25, -0.2) is 0 Å². The minimum Gasteiger partial charge on any atom is -0.351 e. The van der Waals surface area contributed by atoms with Crippen LogP contribution in [0.3, 0.4) is 0 Å². The fourth-order valence-corrected chi connectivity index (χ4v) is 0.991. The fourth-order valence-electron chi connectivity index (χ4n) is 0.991. The zero-order valence-corrected chi connectivity index (χ0v) is 7.22. The van der Waals surface area contributed by atoms with Crippen LogP contribution in [0.1, 0.15) is 11.4 Å². The number of hydrogen-bond acceptors (Lipinski definition) is 2. The fraction of sp³-hybridized carbons (Fsp3) is 0.500. The van der Waals surface area contributed by atoms with Crippen LogP contribution in [-0.2, 0) is 18.4 Å². The Morgan fingerprint density at radius 3 is 2.73 bits per heavy atom. The Morgan fingerprint density at radius 2 is 2.27 bits per heavy atom. The van der Waals surface area contributed by atoms with Crippen LogP contribution < -0.4 is 5.48 Å². The van der Waals surface area contributed by atoms with Crippen molar-refractivity contribution < 1.29 is 4.84 Å². The van der Waals surface area contributed by atoms with Gasteiger partial charge in [0.2, 0.25) is 0 Å². The molecule has 3 nitrogen and oxygen atoms in total. The maximum absolute atomic E-state index is 4.75. The maximum atomic E-state index is 4.75.